The fourth-order valence-corrected chi connectivity index (χ4v) is 3.09. The minimum Gasteiger partial charge on any atom is -0.494 e. The zero-order valence-electron chi connectivity index (χ0n) is 11.9. The van der Waals surface area contributed by atoms with Crippen LogP contribution < -0.4 is 4.74 Å². The Morgan fingerprint density at radius 1 is 1.18 bits per heavy atom. The second-order valence-electron chi connectivity index (χ2n) is 4.54. The molecule has 3 rings (SSSR count). The minimum atomic E-state index is -0.416. The molecular formula is C16H12FNO3S. The zero-order valence-corrected chi connectivity index (χ0v) is 12.7. The Balaban J connectivity index is 2.06. The van der Waals surface area contributed by atoms with Gasteiger partial charge in [-0.2, -0.15) is 0 Å². The Morgan fingerprint density at radius 2 is 2.00 bits per heavy atom. The normalized spacial score (nSPS) is 10.7. The summed E-state index contributed by atoms with van der Waals surface area (Å²) in [4.78, 5) is 16.1. The van der Waals surface area contributed by atoms with Crippen LogP contribution in [0.4, 0.5) is 4.39 Å². The lowest BCUT2D eigenvalue weighted by molar-refractivity contribution is 0.0601. The summed E-state index contributed by atoms with van der Waals surface area (Å²) >= 11 is 1.42. The van der Waals surface area contributed by atoms with Gasteiger partial charge in [0.1, 0.15) is 5.01 Å². The van der Waals surface area contributed by atoms with Crippen molar-refractivity contribution in [2.45, 2.75) is 0 Å². The van der Waals surface area contributed by atoms with Gasteiger partial charge in [0.15, 0.2) is 11.6 Å². The van der Waals surface area contributed by atoms with Crippen LogP contribution in [0.15, 0.2) is 36.4 Å². The Bertz CT molecular complexity index is 860. The molecule has 0 aliphatic rings. The molecule has 1 heterocycles. The number of methoxy groups -OCH3 is 2. The van der Waals surface area contributed by atoms with Crippen LogP contribution in [-0.4, -0.2) is 25.2 Å². The third kappa shape index (κ3) is 2.53. The lowest BCUT2D eigenvalue weighted by Gasteiger charge is -2.03. The van der Waals surface area contributed by atoms with E-state index in [4.69, 9.17) is 9.47 Å². The molecule has 112 valence electrons. The summed E-state index contributed by atoms with van der Waals surface area (Å²) in [6, 6.07) is 9.78. The third-order valence-electron chi connectivity index (χ3n) is 3.21. The SMILES string of the molecule is COC(=O)c1ccc2nc(-c3ccc(F)c(OC)c3)sc2c1. The van der Waals surface area contributed by atoms with E-state index >= 15 is 0 Å². The van der Waals surface area contributed by atoms with E-state index in [0.29, 0.717) is 5.56 Å². The summed E-state index contributed by atoms with van der Waals surface area (Å²) in [5.41, 5.74) is 2.01. The molecule has 0 unspecified atom stereocenters. The highest BCUT2D eigenvalue weighted by molar-refractivity contribution is 7.21. The molecule has 0 spiro atoms. The number of carbonyl (C=O) groups is 1. The van der Waals surface area contributed by atoms with Gasteiger partial charge in [0, 0.05) is 5.56 Å². The molecule has 22 heavy (non-hydrogen) atoms. The number of carbonyl (C=O) groups excluding carboxylic acids is 1. The summed E-state index contributed by atoms with van der Waals surface area (Å²) in [6.45, 7) is 0. The smallest absolute Gasteiger partial charge is 0.337 e. The average Bonchev–Trinajstić information content (AvgIpc) is 2.97. The molecule has 0 amide bonds. The number of nitrogens with zero attached hydrogens (tertiary/aromatic N) is 1. The number of aromatic nitrogens is 1. The van der Waals surface area contributed by atoms with Gasteiger partial charge in [-0.3, -0.25) is 0 Å². The molecule has 0 atom stereocenters. The van der Waals surface area contributed by atoms with Crippen molar-refractivity contribution < 1.29 is 18.7 Å². The Hall–Kier alpha value is -2.47. The number of fused-ring (bicyclic) bond motifs is 1. The summed E-state index contributed by atoms with van der Waals surface area (Å²) in [5.74, 6) is -0.632. The van der Waals surface area contributed by atoms with Gasteiger partial charge >= 0.3 is 5.97 Å². The van der Waals surface area contributed by atoms with Crippen molar-refractivity contribution in [3.8, 4) is 16.3 Å². The van der Waals surface area contributed by atoms with E-state index in [1.165, 1.54) is 31.6 Å². The van der Waals surface area contributed by atoms with Gasteiger partial charge < -0.3 is 9.47 Å². The van der Waals surface area contributed by atoms with Gasteiger partial charge in [0.05, 0.1) is 30.0 Å². The molecule has 6 heteroatoms. The Labute approximate surface area is 130 Å². The molecule has 0 radical (unpaired) electrons. The van der Waals surface area contributed by atoms with Crippen molar-refractivity contribution in [1.29, 1.82) is 0 Å². The molecule has 2 aromatic carbocycles. The standard InChI is InChI=1S/C16H12FNO3S/c1-20-13-7-9(3-5-11(13)17)15-18-12-6-4-10(16(19)21-2)8-14(12)22-15/h3-8H,1-2H3. The number of rotatable bonds is 3. The highest BCUT2D eigenvalue weighted by Crippen LogP contribution is 2.33. The van der Waals surface area contributed by atoms with Crippen LogP contribution in [0.5, 0.6) is 5.75 Å². The van der Waals surface area contributed by atoms with E-state index in [0.717, 1.165) is 20.8 Å². The number of hydrogen-bond acceptors (Lipinski definition) is 5. The number of hydrogen-bond donors (Lipinski definition) is 0. The van der Waals surface area contributed by atoms with E-state index in [2.05, 4.69) is 4.98 Å². The second-order valence-corrected chi connectivity index (χ2v) is 5.57. The first-order valence-electron chi connectivity index (χ1n) is 6.45. The maximum absolute atomic E-state index is 13.5. The zero-order chi connectivity index (χ0) is 15.7. The fraction of sp³-hybridized carbons (Fsp3) is 0.125. The van der Waals surface area contributed by atoms with E-state index < -0.39 is 5.82 Å². The maximum Gasteiger partial charge on any atom is 0.337 e. The van der Waals surface area contributed by atoms with Crippen LogP contribution in [0.25, 0.3) is 20.8 Å². The number of halogens is 1. The monoisotopic (exact) mass is 317 g/mol. The first-order valence-corrected chi connectivity index (χ1v) is 7.27. The fourth-order valence-electron chi connectivity index (χ4n) is 2.09. The van der Waals surface area contributed by atoms with Gasteiger partial charge in [0.25, 0.3) is 0 Å². The molecule has 0 saturated carbocycles. The second kappa shape index (κ2) is 5.73. The Morgan fingerprint density at radius 3 is 2.73 bits per heavy atom. The van der Waals surface area contributed by atoms with Crippen LogP contribution in [0.1, 0.15) is 10.4 Å². The van der Waals surface area contributed by atoms with Crippen molar-refractivity contribution in [2.75, 3.05) is 14.2 Å². The Kier molecular flexibility index (Phi) is 3.77. The number of thiazole rings is 1. The molecule has 3 aromatic rings. The average molecular weight is 317 g/mol. The summed E-state index contributed by atoms with van der Waals surface area (Å²) in [5, 5.41) is 0.732. The summed E-state index contributed by atoms with van der Waals surface area (Å²) in [6.07, 6.45) is 0. The highest BCUT2D eigenvalue weighted by atomic mass is 32.1. The first-order chi connectivity index (χ1) is 10.6. The van der Waals surface area contributed by atoms with E-state index in [-0.39, 0.29) is 11.7 Å². The lowest BCUT2D eigenvalue weighted by atomic mass is 10.2. The van der Waals surface area contributed by atoms with E-state index in [1.807, 2.05) is 0 Å². The van der Waals surface area contributed by atoms with Gasteiger partial charge in [-0.25, -0.2) is 14.2 Å². The molecule has 0 N–H and O–H groups in total. The predicted molar refractivity (Wildman–Crippen MR) is 82.9 cm³/mol. The van der Waals surface area contributed by atoms with Crippen LogP contribution in [0.2, 0.25) is 0 Å². The molecule has 1 aromatic heterocycles. The number of ether oxygens (including phenoxy) is 2. The van der Waals surface area contributed by atoms with Crippen molar-refractivity contribution in [2.24, 2.45) is 0 Å². The van der Waals surface area contributed by atoms with Gasteiger partial charge in [-0.05, 0) is 36.4 Å². The van der Waals surface area contributed by atoms with Gasteiger partial charge in [-0.15, -0.1) is 11.3 Å². The minimum absolute atomic E-state index is 0.173. The molecular weight excluding hydrogens is 305 g/mol. The highest BCUT2D eigenvalue weighted by Gasteiger charge is 2.12. The molecule has 4 nitrogen and oxygen atoms in total. The lowest BCUT2D eigenvalue weighted by Crippen LogP contribution is -1.99. The number of esters is 1. The van der Waals surface area contributed by atoms with Crippen molar-refractivity contribution in [3.05, 3.63) is 47.8 Å². The van der Waals surface area contributed by atoms with Crippen molar-refractivity contribution in [3.63, 3.8) is 0 Å². The van der Waals surface area contributed by atoms with Crippen molar-refractivity contribution in [1.82, 2.24) is 4.98 Å². The van der Waals surface area contributed by atoms with Crippen molar-refractivity contribution >= 4 is 27.5 Å². The summed E-state index contributed by atoms with van der Waals surface area (Å²) in [7, 11) is 2.76. The van der Waals surface area contributed by atoms with Crippen LogP contribution >= 0.6 is 11.3 Å². The molecule has 0 aliphatic carbocycles. The third-order valence-corrected chi connectivity index (χ3v) is 4.27. The van der Waals surface area contributed by atoms with Gasteiger partial charge in [0.2, 0.25) is 0 Å². The molecule has 0 aliphatic heterocycles. The van der Waals surface area contributed by atoms with E-state index in [1.54, 1.807) is 30.3 Å². The van der Waals surface area contributed by atoms with Gasteiger partial charge in [-0.1, -0.05) is 0 Å². The van der Waals surface area contributed by atoms with Crippen LogP contribution in [0.3, 0.4) is 0 Å². The van der Waals surface area contributed by atoms with Crippen LogP contribution in [-0.2, 0) is 4.74 Å². The topological polar surface area (TPSA) is 48.4 Å². The molecule has 0 fully saturated rings. The molecule has 0 saturated heterocycles. The largest absolute Gasteiger partial charge is 0.494 e. The summed E-state index contributed by atoms with van der Waals surface area (Å²) < 4.78 is 24.0. The maximum atomic E-state index is 13.5. The predicted octanol–water partition coefficient (Wildman–Crippen LogP) is 3.90. The number of benzene rings is 2. The van der Waals surface area contributed by atoms with Crippen LogP contribution in [0, 0.1) is 5.82 Å². The van der Waals surface area contributed by atoms with E-state index in [9.17, 15) is 9.18 Å². The quantitative estimate of drug-likeness (QED) is 0.688. The molecule has 0 bridgehead atoms. The first kappa shape index (κ1) is 14.5.